The van der Waals surface area contributed by atoms with Gasteiger partial charge in [0.15, 0.2) is 0 Å². The van der Waals surface area contributed by atoms with Crippen LogP contribution in [0.3, 0.4) is 0 Å². The molecule has 1 saturated carbocycles. The highest BCUT2D eigenvalue weighted by Crippen LogP contribution is 2.35. The number of para-hydroxylation sites is 1. The Kier molecular flexibility index (Phi) is 6.96. The van der Waals surface area contributed by atoms with Gasteiger partial charge in [-0.3, -0.25) is 4.79 Å². The van der Waals surface area contributed by atoms with Crippen LogP contribution in [-0.2, 0) is 6.54 Å². The van der Waals surface area contributed by atoms with Crippen LogP contribution in [0.2, 0.25) is 5.02 Å². The predicted molar refractivity (Wildman–Crippen MR) is 140 cm³/mol. The first kappa shape index (κ1) is 23.9. The van der Waals surface area contributed by atoms with Crippen LogP contribution in [0.5, 0.6) is 17.4 Å². The molecule has 1 fully saturated rings. The first-order valence-electron chi connectivity index (χ1n) is 12.0. The molecule has 36 heavy (non-hydrogen) atoms. The van der Waals surface area contributed by atoms with Crippen molar-refractivity contribution in [2.45, 2.75) is 26.3 Å². The summed E-state index contributed by atoms with van der Waals surface area (Å²) in [4.78, 5) is 15.5. The number of nitrogens with zero attached hydrogens (tertiary/aromatic N) is 3. The van der Waals surface area contributed by atoms with Crippen LogP contribution >= 0.6 is 11.6 Å². The quantitative estimate of drug-likeness (QED) is 0.256. The van der Waals surface area contributed by atoms with E-state index < -0.39 is 0 Å². The second-order valence-electron chi connectivity index (χ2n) is 9.03. The van der Waals surface area contributed by atoms with Gasteiger partial charge in [-0.25, -0.2) is 4.68 Å². The van der Waals surface area contributed by atoms with Crippen LogP contribution in [0.4, 0.5) is 0 Å². The van der Waals surface area contributed by atoms with E-state index in [-0.39, 0.29) is 5.91 Å². The summed E-state index contributed by atoms with van der Waals surface area (Å²) in [6, 6.07) is 24.3. The first-order chi connectivity index (χ1) is 17.5. The standard InChI is InChI=1S/C29H28ClN3O3/c1-20-27(19-32(18-21-8-9-21)28(34)22-10-14-25(35-2)15-11-22)29(36-26-16-12-23(30)13-17-26)33(31-20)24-6-4-3-5-7-24/h3-7,10-17,21H,8-9,18-19H2,1-2H3. The minimum absolute atomic E-state index is 0.0196. The molecule has 0 aliphatic heterocycles. The minimum Gasteiger partial charge on any atom is -0.497 e. The Bertz CT molecular complexity index is 1330. The topological polar surface area (TPSA) is 56.6 Å². The van der Waals surface area contributed by atoms with E-state index in [0.29, 0.717) is 41.2 Å². The maximum absolute atomic E-state index is 13.6. The normalized spacial score (nSPS) is 12.9. The number of hydrogen-bond acceptors (Lipinski definition) is 4. The maximum atomic E-state index is 13.6. The summed E-state index contributed by atoms with van der Waals surface area (Å²) in [5.41, 5.74) is 3.19. The van der Waals surface area contributed by atoms with Gasteiger partial charge in [0.05, 0.1) is 30.6 Å². The molecule has 0 bridgehead atoms. The molecule has 3 aromatic carbocycles. The Labute approximate surface area is 216 Å². The molecule has 0 saturated heterocycles. The molecule has 6 nitrogen and oxygen atoms in total. The number of aromatic nitrogens is 2. The average Bonchev–Trinajstić information content (AvgIpc) is 3.68. The fourth-order valence-electron chi connectivity index (χ4n) is 4.12. The summed E-state index contributed by atoms with van der Waals surface area (Å²) in [7, 11) is 1.62. The largest absolute Gasteiger partial charge is 0.497 e. The average molecular weight is 502 g/mol. The molecule has 0 unspecified atom stereocenters. The Balaban J connectivity index is 1.52. The van der Waals surface area contributed by atoms with E-state index in [2.05, 4.69) is 0 Å². The van der Waals surface area contributed by atoms with Crippen molar-refractivity contribution in [1.29, 1.82) is 0 Å². The summed E-state index contributed by atoms with van der Waals surface area (Å²) < 4.78 is 13.5. The summed E-state index contributed by atoms with van der Waals surface area (Å²) in [5.74, 6) is 2.46. The van der Waals surface area contributed by atoms with Crippen molar-refractivity contribution in [2.24, 2.45) is 5.92 Å². The fraction of sp³-hybridized carbons (Fsp3) is 0.241. The van der Waals surface area contributed by atoms with E-state index in [1.807, 2.05) is 78.6 Å². The third kappa shape index (κ3) is 5.39. The van der Waals surface area contributed by atoms with Gasteiger partial charge in [-0.1, -0.05) is 29.8 Å². The van der Waals surface area contributed by atoms with E-state index in [1.54, 1.807) is 23.9 Å². The number of amides is 1. The van der Waals surface area contributed by atoms with Gasteiger partial charge in [-0.2, -0.15) is 5.10 Å². The van der Waals surface area contributed by atoms with Crippen LogP contribution in [0.1, 0.15) is 34.5 Å². The Morgan fingerprint density at radius 3 is 2.31 bits per heavy atom. The molecule has 0 radical (unpaired) electrons. The number of ether oxygens (including phenoxy) is 2. The zero-order chi connectivity index (χ0) is 25.1. The number of hydrogen-bond donors (Lipinski definition) is 0. The molecule has 1 aliphatic carbocycles. The molecule has 5 rings (SSSR count). The van der Waals surface area contributed by atoms with Crippen LogP contribution in [0, 0.1) is 12.8 Å². The predicted octanol–water partition coefficient (Wildman–Crippen LogP) is 6.69. The van der Waals surface area contributed by atoms with Crippen molar-refractivity contribution in [3.8, 4) is 23.1 Å². The van der Waals surface area contributed by atoms with E-state index in [1.165, 1.54) is 0 Å². The van der Waals surface area contributed by atoms with Gasteiger partial charge in [0.25, 0.3) is 5.91 Å². The van der Waals surface area contributed by atoms with Crippen molar-refractivity contribution in [3.05, 3.63) is 101 Å². The lowest BCUT2D eigenvalue weighted by molar-refractivity contribution is 0.0733. The molecule has 4 aromatic rings. The van der Waals surface area contributed by atoms with Crippen molar-refractivity contribution in [2.75, 3.05) is 13.7 Å². The third-order valence-electron chi connectivity index (χ3n) is 6.31. The van der Waals surface area contributed by atoms with E-state index in [9.17, 15) is 4.79 Å². The molecule has 7 heteroatoms. The smallest absolute Gasteiger partial charge is 0.254 e. The Hall–Kier alpha value is -3.77. The minimum atomic E-state index is -0.0196. The summed E-state index contributed by atoms with van der Waals surface area (Å²) in [6.07, 6.45) is 2.28. The van der Waals surface area contributed by atoms with Gasteiger partial charge >= 0.3 is 0 Å². The zero-order valence-electron chi connectivity index (χ0n) is 20.4. The van der Waals surface area contributed by atoms with Gasteiger partial charge in [0.1, 0.15) is 11.5 Å². The lowest BCUT2D eigenvalue weighted by Gasteiger charge is -2.23. The molecule has 1 aliphatic rings. The zero-order valence-corrected chi connectivity index (χ0v) is 21.1. The van der Waals surface area contributed by atoms with Crippen molar-refractivity contribution in [3.63, 3.8) is 0 Å². The molecule has 0 spiro atoms. The van der Waals surface area contributed by atoms with Crippen molar-refractivity contribution in [1.82, 2.24) is 14.7 Å². The highest BCUT2D eigenvalue weighted by atomic mass is 35.5. The molecule has 184 valence electrons. The summed E-state index contributed by atoms with van der Waals surface area (Å²) in [5, 5.41) is 5.44. The SMILES string of the molecule is COc1ccc(C(=O)N(Cc2c(C)nn(-c3ccccc3)c2Oc2ccc(Cl)cc2)CC2CC2)cc1. The van der Waals surface area contributed by atoms with Crippen LogP contribution in [0.25, 0.3) is 5.69 Å². The van der Waals surface area contributed by atoms with E-state index >= 15 is 0 Å². The number of rotatable bonds is 9. The number of benzene rings is 3. The van der Waals surface area contributed by atoms with E-state index in [0.717, 1.165) is 35.5 Å². The van der Waals surface area contributed by atoms with E-state index in [4.69, 9.17) is 26.2 Å². The van der Waals surface area contributed by atoms with Crippen molar-refractivity contribution < 1.29 is 14.3 Å². The molecule has 1 heterocycles. The Morgan fingerprint density at radius 1 is 1.00 bits per heavy atom. The molecule has 0 N–H and O–H groups in total. The molecule has 1 amide bonds. The van der Waals surface area contributed by atoms with Gasteiger partial charge in [0, 0.05) is 17.1 Å². The fourth-order valence-corrected chi connectivity index (χ4v) is 4.25. The van der Waals surface area contributed by atoms with Crippen LogP contribution < -0.4 is 9.47 Å². The van der Waals surface area contributed by atoms with Gasteiger partial charge in [-0.15, -0.1) is 0 Å². The van der Waals surface area contributed by atoms with Crippen molar-refractivity contribution >= 4 is 17.5 Å². The number of carbonyl (C=O) groups is 1. The number of carbonyl (C=O) groups excluding carboxylic acids is 1. The third-order valence-corrected chi connectivity index (χ3v) is 6.57. The van der Waals surface area contributed by atoms with Crippen LogP contribution in [-0.4, -0.2) is 34.2 Å². The lowest BCUT2D eigenvalue weighted by atomic mass is 10.1. The lowest BCUT2D eigenvalue weighted by Crippen LogP contribution is -2.32. The highest BCUT2D eigenvalue weighted by molar-refractivity contribution is 6.30. The number of halogens is 1. The maximum Gasteiger partial charge on any atom is 0.254 e. The Morgan fingerprint density at radius 2 is 1.67 bits per heavy atom. The van der Waals surface area contributed by atoms with Gasteiger partial charge in [0.2, 0.25) is 5.88 Å². The van der Waals surface area contributed by atoms with Crippen LogP contribution in [0.15, 0.2) is 78.9 Å². The molecular weight excluding hydrogens is 474 g/mol. The number of methoxy groups -OCH3 is 1. The van der Waals surface area contributed by atoms with Gasteiger partial charge in [-0.05, 0) is 86.3 Å². The molecule has 1 aromatic heterocycles. The molecular formula is C29H28ClN3O3. The second kappa shape index (κ2) is 10.5. The number of aryl methyl sites for hydroxylation is 1. The van der Waals surface area contributed by atoms with Gasteiger partial charge < -0.3 is 14.4 Å². The first-order valence-corrected chi connectivity index (χ1v) is 12.4. The monoisotopic (exact) mass is 501 g/mol. The molecule has 0 atom stereocenters. The summed E-state index contributed by atoms with van der Waals surface area (Å²) in [6.45, 7) is 3.04. The highest BCUT2D eigenvalue weighted by Gasteiger charge is 2.30. The summed E-state index contributed by atoms with van der Waals surface area (Å²) >= 11 is 6.09. The second-order valence-corrected chi connectivity index (χ2v) is 9.47.